The Kier molecular flexibility index (Phi) is 5.73. The third-order valence-electron chi connectivity index (χ3n) is 4.32. The molecule has 3 rings (SSSR count). The second-order valence-corrected chi connectivity index (χ2v) is 6.20. The van der Waals surface area contributed by atoms with E-state index in [1.54, 1.807) is 36.4 Å². The molecule has 0 bridgehead atoms. The Hall–Kier alpha value is -3.54. The molecule has 1 aromatic heterocycles. The van der Waals surface area contributed by atoms with Gasteiger partial charge in [-0.3, -0.25) is 4.98 Å². The van der Waals surface area contributed by atoms with Crippen LogP contribution >= 0.6 is 0 Å². The molecule has 0 atom stereocenters. The Bertz CT molecular complexity index is 1080. The fourth-order valence-corrected chi connectivity index (χ4v) is 2.90. The molecular formula is C23H16F4N2. The third-order valence-corrected chi connectivity index (χ3v) is 4.32. The van der Waals surface area contributed by atoms with E-state index in [-0.39, 0.29) is 5.56 Å². The average Bonchev–Trinajstić information content (AvgIpc) is 2.71. The maximum absolute atomic E-state index is 14.6. The number of hydrogen-bond acceptors (Lipinski definition) is 2. The molecule has 1 heterocycles. The van der Waals surface area contributed by atoms with Gasteiger partial charge in [0.25, 0.3) is 0 Å². The van der Waals surface area contributed by atoms with Crippen LogP contribution in [0.2, 0.25) is 0 Å². The summed E-state index contributed by atoms with van der Waals surface area (Å²) in [7, 11) is 0. The summed E-state index contributed by atoms with van der Waals surface area (Å²) in [5.41, 5.74) is 0.124. The lowest BCUT2D eigenvalue weighted by Crippen LogP contribution is -2.12. The molecule has 6 heteroatoms. The number of alkyl halides is 3. The summed E-state index contributed by atoms with van der Waals surface area (Å²) >= 11 is 0. The quantitative estimate of drug-likeness (QED) is 0.297. The van der Waals surface area contributed by atoms with Crippen LogP contribution in [0.25, 0.3) is 16.7 Å². The van der Waals surface area contributed by atoms with Gasteiger partial charge in [0.15, 0.2) is 0 Å². The van der Waals surface area contributed by atoms with E-state index < -0.39 is 23.3 Å². The Morgan fingerprint density at radius 3 is 2.38 bits per heavy atom. The zero-order chi connectivity index (χ0) is 21.0. The minimum atomic E-state index is -4.61. The summed E-state index contributed by atoms with van der Waals surface area (Å²) in [6.45, 7) is 3.64. The third kappa shape index (κ3) is 4.48. The molecule has 0 radical (unpaired) electrons. The second kappa shape index (κ2) is 8.22. The summed E-state index contributed by atoms with van der Waals surface area (Å²) < 4.78 is 54.2. The lowest BCUT2D eigenvalue weighted by atomic mass is 9.97. The van der Waals surface area contributed by atoms with E-state index in [0.717, 1.165) is 18.5 Å². The normalized spacial score (nSPS) is 11.9. The Morgan fingerprint density at radius 1 is 1.03 bits per heavy atom. The van der Waals surface area contributed by atoms with Crippen molar-refractivity contribution in [3.05, 3.63) is 108 Å². The minimum Gasteiger partial charge on any atom is -0.300 e. The molecule has 1 N–H and O–H groups in total. The summed E-state index contributed by atoms with van der Waals surface area (Å²) in [6, 6.07) is 14.3. The fraction of sp³-hybridized carbons (Fsp3) is 0.0435. The van der Waals surface area contributed by atoms with E-state index in [4.69, 9.17) is 5.41 Å². The molecule has 146 valence electrons. The predicted octanol–water partition coefficient (Wildman–Crippen LogP) is 6.54. The van der Waals surface area contributed by atoms with Crippen LogP contribution in [0.15, 0.2) is 85.7 Å². The highest BCUT2D eigenvalue weighted by Crippen LogP contribution is 2.32. The highest BCUT2D eigenvalue weighted by atomic mass is 19.4. The maximum Gasteiger partial charge on any atom is 0.417 e. The van der Waals surface area contributed by atoms with Gasteiger partial charge in [-0.2, -0.15) is 13.2 Å². The van der Waals surface area contributed by atoms with Gasteiger partial charge in [0.2, 0.25) is 0 Å². The first-order valence-electron chi connectivity index (χ1n) is 8.61. The Labute approximate surface area is 165 Å². The van der Waals surface area contributed by atoms with Crippen molar-refractivity contribution in [2.45, 2.75) is 6.18 Å². The number of hydrogen-bond donors (Lipinski definition) is 1. The molecule has 0 amide bonds. The highest BCUT2D eigenvalue weighted by Gasteiger charge is 2.34. The largest absolute Gasteiger partial charge is 0.417 e. The van der Waals surface area contributed by atoms with Crippen molar-refractivity contribution in [3.8, 4) is 11.1 Å². The van der Waals surface area contributed by atoms with E-state index >= 15 is 0 Å². The van der Waals surface area contributed by atoms with Crippen molar-refractivity contribution >= 4 is 11.3 Å². The highest BCUT2D eigenvalue weighted by molar-refractivity contribution is 6.12. The van der Waals surface area contributed by atoms with Crippen molar-refractivity contribution in [2.75, 3.05) is 0 Å². The van der Waals surface area contributed by atoms with Crippen LogP contribution in [0.5, 0.6) is 0 Å². The van der Waals surface area contributed by atoms with Gasteiger partial charge in [0.1, 0.15) is 5.82 Å². The van der Waals surface area contributed by atoms with Crippen LogP contribution in [-0.4, -0.2) is 10.7 Å². The van der Waals surface area contributed by atoms with Crippen molar-refractivity contribution in [3.63, 3.8) is 0 Å². The van der Waals surface area contributed by atoms with E-state index in [2.05, 4.69) is 11.6 Å². The predicted molar refractivity (Wildman–Crippen MR) is 106 cm³/mol. The number of nitrogens with one attached hydrogen (secondary N) is 1. The molecule has 29 heavy (non-hydrogen) atoms. The molecular weight excluding hydrogens is 380 g/mol. The molecule has 0 aliphatic carbocycles. The summed E-state index contributed by atoms with van der Waals surface area (Å²) in [5, 5.41) is 8.11. The zero-order valence-corrected chi connectivity index (χ0v) is 15.2. The monoisotopic (exact) mass is 396 g/mol. The van der Waals surface area contributed by atoms with Gasteiger partial charge in [-0.1, -0.05) is 55.1 Å². The number of benzene rings is 2. The lowest BCUT2D eigenvalue weighted by molar-refractivity contribution is -0.137. The first kappa shape index (κ1) is 20.2. The van der Waals surface area contributed by atoms with Crippen molar-refractivity contribution in [1.29, 1.82) is 5.41 Å². The van der Waals surface area contributed by atoms with Crippen molar-refractivity contribution in [2.24, 2.45) is 0 Å². The Balaban J connectivity index is 1.98. The van der Waals surface area contributed by atoms with Crippen LogP contribution in [0.3, 0.4) is 0 Å². The fourth-order valence-electron chi connectivity index (χ4n) is 2.90. The van der Waals surface area contributed by atoms with Gasteiger partial charge >= 0.3 is 6.18 Å². The van der Waals surface area contributed by atoms with Crippen LogP contribution in [0, 0.1) is 11.2 Å². The molecule has 2 nitrogen and oxygen atoms in total. The van der Waals surface area contributed by atoms with E-state index in [1.807, 2.05) is 6.07 Å². The molecule has 0 spiro atoms. The molecule has 2 aromatic carbocycles. The summed E-state index contributed by atoms with van der Waals surface area (Å²) in [5.74, 6) is -0.481. The molecule has 0 unspecified atom stereocenters. The molecule has 0 saturated carbocycles. The van der Waals surface area contributed by atoms with Gasteiger partial charge in [0, 0.05) is 23.5 Å². The molecule has 0 aliphatic heterocycles. The molecule has 0 saturated heterocycles. The van der Waals surface area contributed by atoms with Gasteiger partial charge in [-0.25, -0.2) is 4.39 Å². The van der Waals surface area contributed by atoms with Crippen molar-refractivity contribution < 1.29 is 17.6 Å². The molecule has 0 fully saturated rings. The lowest BCUT2D eigenvalue weighted by Gasteiger charge is -2.12. The smallest absolute Gasteiger partial charge is 0.300 e. The van der Waals surface area contributed by atoms with Crippen LogP contribution < -0.4 is 0 Å². The van der Waals surface area contributed by atoms with Gasteiger partial charge in [-0.15, -0.1) is 0 Å². The minimum absolute atomic E-state index is 0.325. The number of halogens is 4. The first-order chi connectivity index (χ1) is 13.8. The molecule has 0 aliphatic rings. The number of aromatic nitrogens is 1. The second-order valence-electron chi connectivity index (χ2n) is 6.20. The van der Waals surface area contributed by atoms with E-state index in [9.17, 15) is 17.6 Å². The van der Waals surface area contributed by atoms with Crippen LogP contribution in [0.1, 0.15) is 16.7 Å². The summed E-state index contributed by atoms with van der Waals surface area (Å²) in [6.07, 6.45) is -0.0155. The zero-order valence-electron chi connectivity index (χ0n) is 15.2. The standard InChI is InChI=1S/C23H16F4N2/c1-2-15(13-22(28)19-14-29-11-10-20(19)23(25,26)27)17-8-9-18(21(24)12-17)16-6-4-3-5-7-16/h2-14,28H,1H2/b15-13+,28-22?. The van der Waals surface area contributed by atoms with Crippen LogP contribution in [-0.2, 0) is 6.18 Å². The Morgan fingerprint density at radius 2 is 1.76 bits per heavy atom. The summed E-state index contributed by atoms with van der Waals surface area (Å²) in [4.78, 5) is 3.69. The van der Waals surface area contributed by atoms with Crippen LogP contribution in [0.4, 0.5) is 17.6 Å². The number of allylic oxidation sites excluding steroid dienone is 3. The van der Waals surface area contributed by atoms with E-state index in [0.29, 0.717) is 22.3 Å². The van der Waals surface area contributed by atoms with Gasteiger partial charge < -0.3 is 5.41 Å². The number of rotatable bonds is 5. The van der Waals surface area contributed by atoms with Gasteiger partial charge in [0.05, 0.1) is 11.3 Å². The van der Waals surface area contributed by atoms with Crippen molar-refractivity contribution in [1.82, 2.24) is 4.98 Å². The topological polar surface area (TPSA) is 36.7 Å². The molecule has 3 aromatic rings. The number of pyridine rings is 1. The first-order valence-corrected chi connectivity index (χ1v) is 8.61. The van der Waals surface area contributed by atoms with Gasteiger partial charge in [-0.05, 0) is 34.9 Å². The average molecular weight is 396 g/mol. The van der Waals surface area contributed by atoms with E-state index in [1.165, 1.54) is 18.2 Å². The maximum atomic E-state index is 14.6. The number of nitrogens with zero attached hydrogens (tertiary/aromatic N) is 1. The SMILES string of the molecule is C=C/C(=C\C(=N)c1cnccc1C(F)(F)F)c1ccc(-c2ccccc2)c(F)c1.